The molecule has 3 aromatic carbocycles. The van der Waals surface area contributed by atoms with Gasteiger partial charge in [0.05, 0.1) is 25.0 Å². The van der Waals surface area contributed by atoms with E-state index in [1.807, 2.05) is 115 Å². The highest BCUT2D eigenvalue weighted by Crippen LogP contribution is 2.36. The fourth-order valence-electron chi connectivity index (χ4n) is 7.86. The number of amides is 2. The van der Waals surface area contributed by atoms with Crippen LogP contribution in [-0.4, -0.2) is 69.2 Å². The Morgan fingerprint density at radius 1 is 1.00 bits per heavy atom. The Kier molecular flexibility index (Phi) is 12.4. The van der Waals surface area contributed by atoms with Crippen LogP contribution in [0.4, 0.5) is 0 Å². The molecule has 288 valence electrons. The molecule has 0 bridgehead atoms. The molecule has 54 heavy (non-hydrogen) atoms. The quantitative estimate of drug-likeness (QED) is 0.146. The normalized spacial score (nSPS) is 18.5. The zero-order chi connectivity index (χ0) is 38.6. The molecule has 1 aliphatic heterocycles. The lowest BCUT2D eigenvalue weighted by Crippen LogP contribution is -2.60. The van der Waals surface area contributed by atoms with E-state index in [0.717, 1.165) is 73.3 Å². The lowest BCUT2D eigenvalue weighted by atomic mass is 9.77. The molecule has 6 rings (SSSR count). The van der Waals surface area contributed by atoms with Crippen LogP contribution >= 0.6 is 23.2 Å². The van der Waals surface area contributed by atoms with Crippen molar-refractivity contribution in [1.82, 2.24) is 24.7 Å². The highest BCUT2D eigenvalue weighted by atomic mass is 35.5. The Labute approximate surface area is 329 Å². The minimum Gasteiger partial charge on any atom is -0.457 e. The van der Waals surface area contributed by atoms with Crippen LogP contribution in [0.15, 0.2) is 72.9 Å². The van der Waals surface area contributed by atoms with Crippen molar-refractivity contribution in [2.24, 2.45) is 13.0 Å². The van der Waals surface area contributed by atoms with Gasteiger partial charge in [-0.25, -0.2) is 4.98 Å². The Hall–Kier alpha value is -3.89. The maximum absolute atomic E-state index is 14.2. The summed E-state index contributed by atoms with van der Waals surface area (Å²) < 4.78 is 14.6. The molecule has 2 amide bonds. The molecule has 2 heterocycles. The van der Waals surface area contributed by atoms with Crippen LogP contribution in [0.25, 0.3) is 11.3 Å². The van der Waals surface area contributed by atoms with Gasteiger partial charge in [-0.1, -0.05) is 67.6 Å². The van der Waals surface area contributed by atoms with Gasteiger partial charge in [0.2, 0.25) is 11.8 Å². The number of rotatable bonds is 13. The zero-order valence-electron chi connectivity index (χ0n) is 32.3. The SMILES string of the molecule is C[C@H](CCc1ccc(Cl)cc1Oc1ccc(-c2cnc(CN(C)C)n2C)cc1)C(=O)N1[C@H](C(=O)NC2(Cc3ccc(Cl)cc3)CCCCC2)COC1(C)C. The molecular weight excluding hydrogens is 721 g/mol. The van der Waals surface area contributed by atoms with Crippen molar-refractivity contribution < 1.29 is 19.1 Å². The number of benzene rings is 3. The van der Waals surface area contributed by atoms with Gasteiger partial charge >= 0.3 is 0 Å². The summed E-state index contributed by atoms with van der Waals surface area (Å²) in [5.74, 6) is 1.67. The number of aromatic nitrogens is 2. The molecule has 1 saturated heterocycles. The number of carbonyl (C=O) groups is 2. The number of hydrogen-bond acceptors (Lipinski definition) is 6. The average Bonchev–Trinajstić information content (AvgIpc) is 3.66. The molecule has 11 heteroatoms. The van der Waals surface area contributed by atoms with E-state index >= 15 is 0 Å². The fraction of sp³-hybridized carbons (Fsp3) is 0.465. The molecule has 0 spiro atoms. The van der Waals surface area contributed by atoms with Gasteiger partial charge in [-0.2, -0.15) is 0 Å². The van der Waals surface area contributed by atoms with E-state index in [-0.39, 0.29) is 29.9 Å². The summed E-state index contributed by atoms with van der Waals surface area (Å²) in [6, 6.07) is 20.7. The van der Waals surface area contributed by atoms with Crippen LogP contribution < -0.4 is 10.1 Å². The lowest BCUT2D eigenvalue weighted by molar-refractivity contribution is -0.153. The van der Waals surface area contributed by atoms with Gasteiger partial charge < -0.3 is 24.3 Å². The van der Waals surface area contributed by atoms with Crippen LogP contribution in [0.3, 0.4) is 0 Å². The molecule has 1 aliphatic carbocycles. The number of ether oxygens (including phenoxy) is 2. The molecule has 2 fully saturated rings. The van der Waals surface area contributed by atoms with E-state index in [0.29, 0.717) is 34.4 Å². The Balaban J connectivity index is 1.12. The zero-order valence-corrected chi connectivity index (χ0v) is 33.8. The number of halogens is 2. The monoisotopic (exact) mass is 773 g/mol. The second-order valence-electron chi connectivity index (χ2n) is 15.8. The molecule has 2 aliphatic rings. The second-order valence-corrected chi connectivity index (χ2v) is 16.7. The minimum atomic E-state index is -0.923. The third kappa shape index (κ3) is 9.31. The Bertz CT molecular complexity index is 1920. The first-order chi connectivity index (χ1) is 25.7. The van der Waals surface area contributed by atoms with E-state index in [4.69, 9.17) is 32.7 Å². The highest BCUT2D eigenvalue weighted by molar-refractivity contribution is 6.31. The number of imidazole rings is 1. The van der Waals surface area contributed by atoms with Crippen LogP contribution in [0.5, 0.6) is 11.5 Å². The van der Waals surface area contributed by atoms with Crippen molar-refractivity contribution >= 4 is 35.0 Å². The smallest absolute Gasteiger partial charge is 0.245 e. The van der Waals surface area contributed by atoms with E-state index in [2.05, 4.69) is 19.8 Å². The first-order valence-corrected chi connectivity index (χ1v) is 19.7. The number of nitrogens with zero attached hydrogens (tertiary/aromatic N) is 4. The number of aryl methyl sites for hydroxylation is 1. The van der Waals surface area contributed by atoms with Crippen molar-refractivity contribution in [2.45, 2.75) is 96.0 Å². The maximum atomic E-state index is 14.2. The Morgan fingerprint density at radius 3 is 2.37 bits per heavy atom. The third-order valence-electron chi connectivity index (χ3n) is 10.9. The first-order valence-electron chi connectivity index (χ1n) is 19.0. The summed E-state index contributed by atoms with van der Waals surface area (Å²) in [6.45, 7) is 6.56. The lowest BCUT2D eigenvalue weighted by Gasteiger charge is -2.41. The van der Waals surface area contributed by atoms with E-state index in [9.17, 15) is 9.59 Å². The summed E-state index contributed by atoms with van der Waals surface area (Å²) in [4.78, 5) is 36.7. The van der Waals surface area contributed by atoms with E-state index in [1.54, 1.807) is 4.90 Å². The van der Waals surface area contributed by atoms with Crippen molar-refractivity contribution in [3.8, 4) is 22.8 Å². The summed E-state index contributed by atoms with van der Waals surface area (Å²) >= 11 is 12.6. The van der Waals surface area contributed by atoms with Gasteiger partial charge in [-0.15, -0.1) is 0 Å². The molecule has 1 aromatic heterocycles. The summed E-state index contributed by atoms with van der Waals surface area (Å²) in [5, 5.41) is 4.69. The highest BCUT2D eigenvalue weighted by Gasteiger charge is 2.49. The minimum absolute atomic E-state index is 0.107. The molecule has 1 N–H and O–H groups in total. The van der Waals surface area contributed by atoms with Gasteiger partial charge in [0.25, 0.3) is 0 Å². The topological polar surface area (TPSA) is 88.9 Å². The number of hydrogen-bond donors (Lipinski definition) is 1. The van der Waals surface area contributed by atoms with Crippen LogP contribution in [-0.2, 0) is 40.8 Å². The second kappa shape index (κ2) is 16.9. The van der Waals surface area contributed by atoms with Crippen LogP contribution in [0.2, 0.25) is 10.0 Å². The molecule has 0 unspecified atom stereocenters. The van der Waals surface area contributed by atoms with Crippen molar-refractivity contribution in [3.63, 3.8) is 0 Å². The van der Waals surface area contributed by atoms with E-state index < -0.39 is 11.8 Å². The molecular formula is C43H53Cl2N5O4. The summed E-state index contributed by atoms with van der Waals surface area (Å²) in [7, 11) is 6.08. The maximum Gasteiger partial charge on any atom is 0.245 e. The fourth-order valence-corrected chi connectivity index (χ4v) is 8.14. The standard InChI is InChI=1S/C43H53Cl2N5O4/c1-29(10-13-32-14-19-34(45)24-38(32)54-35-20-15-31(16-21-35)36-26-46-39(49(36)6)27-48(4)5)41(52)50-37(28-53-42(50,2)3)40(51)47-43(22-8-7-9-23-43)25-30-11-17-33(44)18-12-30/h11-12,14-21,24,26,29,37H,7-10,13,22-23,25,27-28H2,1-6H3,(H,47,51)/t29-,37+/m1/s1. The van der Waals surface area contributed by atoms with Crippen molar-refractivity contribution in [3.05, 3.63) is 99.9 Å². The van der Waals surface area contributed by atoms with Gasteiger partial charge in [0.1, 0.15) is 29.1 Å². The largest absolute Gasteiger partial charge is 0.457 e. The summed E-state index contributed by atoms with van der Waals surface area (Å²) in [6.07, 6.45) is 8.76. The van der Waals surface area contributed by atoms with Gasteiger partial charge in [-0.3, -0.25) is 14.5 Å². The van der Waals surface area contributed by atoms with Crippen LogP contribution in [0.1, 0.15) is 76.2 Å². The van der Waals surface area contributed by atoms with Crippen molar-refractivity contribution in [1.29, 1.82) is 0 Å². The number of carbonyl (C=O) groups excluding carboxylic acids is 2. The molecule has 9 nitrogen and oxygen atoms in total. The molecule has 4 aromatic rings. The van der Waals surface area contributed by atoms with Gasteiger partial charge in [0.15, 0.2) is 0 Å². The Morgan fingerprint density at radius 2 is 1.69 bits per heavy atom. The third-order valence-corrected chi connectivity index (χ3v) is 11.4. The predicted molar refractivity (Wildman–Crippen MR) is 215 cm³/mol. The van der Waals surface area contributed by atoms with Crippen molar-refractivity contribution in [2.75, 3.05) is 20.7 Å². The molecule has 2 atom stereocenters. The molecule has 1 saturated carbocycles. The first kappa shape index (κ1) is 39.8. The predicted octanol–water partition coefficient (Wildman–Crippen LogP) is 8.84. The van der Waals surface area contributed by atoms with Gasteiger partial charge in [0, 0.05) is 34.1 Å². The van der Waals surface area contributed by atoms with E-state index in [1.165, 1.54) is 0 Å². The number of nitrogens with one attached hydrogen (secondary N) is 1. The van der Waals surface area contributed by atoms with Gasteiger partial charge in [-0.05, 0) is 120 Å². The molecule has 0 radical (unpaired) electrons. The summed E-state index contributed by atoms with van der Waals surface area (Å²) in [5.41, 5.74) is 2.84. The van der Waals surface area contributed by atoms with Crippen LogP contribution in [0, 0.1) is 5.92 Å². The average molecular weight is 775 g/mol.